The van der Waals surface area contributed by atoms with Crippen LogP contribution in [0, 0.1) is 0 Å². The average molecular weight is 526 g/mol. The van der Waals surface area contributed by atoms with E-state index in [0.717, 1.165) is 22.3 Å². The van der Waals surface area contributed by atoms with Crippen LogP contribution in [0.2, 0.25) is 0 Å². The smallest absolute Gasteiger partial charge is 0.190 e. The summed E-state index contributed by atoms with van der Waals surface area (Å²) in [6.07, 6.45) is 0. The van der Waals surface area contributed by atoms with Crippen molar-refractivity contribution < 1.29 is 9.59 Å². The first-order valence-electron chi connectivity index (χ1n) is 14.2. The highest BCUT2D eigenvalue weighted by Gasteiger charge is 2.57. The molecule has 40 heavy (non-hydrogen) atoms. The molecule has 0 unspecified atom stereocenters. The monoisotopic (exact) mass is 525 g/mol. The summed E-state index contributed by atoms with van der Waals surface area (Å²) >= 11 is 0. The number of nitrogens with zero attached hydrogens (tertiary/aromatic N) is 1. The van der Waals surface area contributed by atoms with Crippen LogP contribution in [0.15, 0.2) is 120 Å². The van der Waals surface area contributed by atoms with Crippen LogP contribution in [0.5, 0.6) is 0 Å². The van der Waals surface area contributed by atoms with E-state index >= 15 is 0 Å². The molecule has 4 aromatic rings. The standard InChI is InChI=1S/C37H35NO2/c1-24(2)38(25(3)4)23-37-30-21-13-11-19-28(30)32(29-20-12-14-22-31(29)37)33(35(39)26-15-7-5-8-16-26)34(37)36(40)27-17-9-6-10-18-27/h5-22,24-25,32H,23H2,1-4H3. The number of hydrogen-bond acceptors (Lipinski definition) is 3. The number of Topliss-reactive ketones (excluding diaryl/α,β-unsaturated/α-hetero) is 2. The molecule has 3 aliphatic carbocycles. The van der Waals surface area contributed by atoms with Gasteiger partial charge in [0, 0.05) is 46.8 Å². The number of carbonyl (C=O) groups is 2. The van der Waals surface area contributed by atoms with E-state index in [1.54, 1.807) is 0 Å². The number of hydrogen-bond donors (Lipinski definition) is 0. The zero-order valence-electron chi connectivity index (χ0n) is 23.6. The largest absolute Gasteiger partial charge is 0.297 e. The molecule has 0 atom stereocenters. The van der Waals surface area contributed by atoms with Crippen molar-refractivity contribution in [2.45, 2.75) is 51.1 Å². The van der Waals surface area contributed by atoms with E-state index in [1.807, 2.05) is 60.7 Å². The molecule has 7 rings (SSSR count). The van der Waals surface area contributed by atoms with Gasteiger partial charge < -0.3 is 0 Å². The molecule has 0 heterocycles. The van der Waals surface area contributed by atoms with Gasteiger partial charge in [-0.2, -0.15) is 0 Å². The van der Waals surface area contributed by atoms with Crippen molar-refractivity contribution in [3.05, 3.63) is 154 Å². The van der Waals surface area contributed by atoms with Gasteiger partial charge in [0.25, 0.3) is 0 Å². The second kappa shape index (κ2) is 10.1. The van der Waals surface area contributed by atoms with E-state index in [-0.39, 0.29) is 29.6 Å². The molecular formula is C37H35NO2. The van der Waals surface area contributed by atoms with Crippen molar-refractivity contribution in [2.75, 3.05) is 6.54 Å². The molecule has 0 amide bonds. The van der Waals surface area contributed by atoms with Crippen LogP contribution in [0.1, 0.15) is 76.6 Å². The van der Waals surface area contributed by atoms with Gasteiger partial charge in [-0.1, -0.05) is 109 Å². The molecule has 0 aromatic heterocycles. The summed E-state index contributed by atoms with van der Waals surface area (Å²) in [5, 5.41) is 0. The number of rotatable bonds is 8. The molecule has 3 aliphatic rings. The topological polar surface area (TPSA) is 37.4 Å². The predicted molar refractivity (Wildman–Crippen MR) is 161 cm³/mol. The third-order valence-electron chi connectivity index (χ3n) is 8.74. The van der Waals surface area contributed by atoms with Crippen molar-refractivity contribution in [1.29, 1.82) is 0 Å². The van der Waals surface area contributed by atoms with Crippen molar-refractivity contribution >= 4 is 11.6 Å². The molecule has 0 saturated carbocycles. The second-order valence-electron chi connectivity index (χ2n) is 11.6. The normalized spacial score (nSPS) is 19.2. The summed E-state index contributed by atoms with van der Waals surface area (Å²) < 4.78 is 0. The van der Waals surface area contributed by atoms with Crippen molar-refractivity contribution in [3.8, 4) is 0 Å². The molecule has 200 valence electrons. The summed E-state index contributed by atoms with van der Waals surface area (Å²) in [7, 11) is 0. The zero-order chi connectivity index (χ0) is 28.0. The van der Waals surface area contributed by atoms with Crippen LogP contribution < -0.4 is 0 Å². The highest BCUT2D eigenvalue weighted by molar-refractivity contribution is 6.21. The summed E-state index contributed by atoms with van der Waals surface area (Å²) in [4.78, 5) is 31.9. The maximum Gasteiger partial charge on any atom is 0.190 e. The minimum absolute atomic E-state index is 0.0682. The summed E-state index contributed by atoms with van der Waals surface area (Å²) in [5.74, 6) is -0.448. The molecular weight excluding hydrogens is 490 g/mol. The molecule has 0 N–H and O–H groups in total. The predicted octanol–water partition coefficient (Wildman–Crippen LogP) is 7.61. The van der Waals surface area contributed by atoms with Crippen LogP contribution in [-0.4, -0.2) is 35.1 Å². The van der Waals surface area contributed by atoms with E-state index < -0.39 is 5.41 Å². The van der Waals surface area contributed by atoms with Gasteiger partial charge in [-0.15, -0.1) is 0 Å². The minimum atomic E-state index is -0.802. The Hall–Kier alpha value is -4.08. The Morgan fingerprint density at radius 3 is 1.52 bits per heavy atom. The number of allylic oxidation sites excluding steroid dienone is 1. The summed E-state index contributed by atoms with van der Waals surface area (Å²) in [6.45, 7) is 9.44. The van der Waals surface area contributed by atoms with Crippen molar-refractivity contribution in [1.82, 2.24) is 4.90 Å². The van der Waals surface area contributed by atoms with Gasteiger partial charge in [-0.25, -0.2) is 0 Å². The Balaban J connectivity index is 1.75. The summed E-state index contributed by atoms with van der Waals surface area (Å²) in [5.41, 5.74) is 6.17. The first-order chi connectivity index (χ1) is 19.4. The van der Waals surface area contributed by atoms with Gasteiger partial charge in [0.2, 0.25) is 0 Å². The van der Waals surface area contributed by atoms with E-state index in [9.17, 15) is 9.59 Å². The molecule has 4 aromatic carbocycles. The Kier molecular flexibility index (Phi) is 6.64. The maximum atomic E-state index is 14.9. The lowest BCUT2D eigenvalue weighted by atomic mass is 9.51. The average Bonchev–Trinajstić information content (AvgIpc) is 2.99. The first-order valence-corrected chi connectivity index (χ1v) is 14.2. The number of ketones is 2. The van der Waals surface area contributed by atoms with Gasteiger partial charge >= 0.3 is 0 Å². The fourth-order valence-electron chi connectivity index (χ4n) is 7.07. The van der Waals surface area contributed by atoms with E-state index in [4.69, 9.17) is 0 Å². The molecule has 0 spiro atoms. The SMILES string of the molecule is CC(C)N(CC12C(C(=O)c3ccccc3)=C(C(=O)c3ccccc3)C(c3ccccc31)c1ccccc12)C(C)C. The highest BCUT2D eigenvalue weighted by Crippen LogP contribution is 2.60. The number of benzene rings is 4. The minimum Gasteiger partial charge on any atom is -0.297 e. The first kappa shape index (κ1) is 26.2. The van der Waals surface area contributed by atoms with E-state index in [0.29, 0.717) is 28.8 Å². The molecule has 2 bridgehead atoms. The van der Waals surface area contributed by atoms with Crippen LogP contribution >= 0.6 is 0 Å². The van der Waals surface area contributed by atoms with Gasteiger partial charge in [-0.05, 0) is 49.9 Å². The van der Waals surface area contributed by atoms with Crippen LogP contribution in [-0.2, 0) is 5.41 Å². The lowest BCUT2D eigenvalue weighted by molar-refractivity contribution is 0.0955. The molecule has 0 radical (unpaired) electrons. The van der Waals surface area contributed by atoms with Crippen LogP contribution in [0.25, 0.3) is 0 Å². The van der Waals surface area contributed by atoms with Gasteiger partial charge in [0.1, 0.15) is 0 Å². The molecule has 0 aliphatic heterocycles. The van der Waals surface area contributed by atoms with Gasteiger partial charge in [-0.3, -0.25) is 14.5 Å². The lowest BCUT2D eigenvalue weighted by Gasteiger charge is -2.53. The van der Waals surface area contributed by atoms with Crippen molar-refractivity contribution in [2.24, 2.45) is 0 Å². The van der Waals surface area contributed by atoms with Gasteiger partial charge in [0.15, 0.2) is 11.6 Å². The lowest BCUT2D eigenvalue weighted by Crippen LogP contribution is -2.55. The fraction of sp³-hybridized carbons (Fsp3) is 0.243. The number of carbonyl (C=O) groups excluding carboxylic acids is 2. The summed E-state index contributed by atoms with van der Waals surface area (Å²) in [6, 6.07) is 36.3. The van der Waals surface area contributed by atoms with E-state index in [1.165, 1.54) is 0 Å². The Bertz CT molecular complexity index is 1560. The fourth-order valence-corrected chi connectivity index (χ4v) is 7.07. The van der Waals surface area contributed by atoms with Crippen LogP contribution in [0.4, 0.5) is 0 Å². The zero-order valence-corrected chi connectivity index (χ0v) is 23.6. The second-order valence-corrected chi connectivity index (χ2v) is 11.6. The highest BCUT2D eigenvalue weighted by atomic mass is 16.1. The third-order valence-corrected chi connectivity index (χ3v) is 8.74. The Morgan fingerprint density at radius 2 is 1.05 bits per heavy atom. The molecule has 0 saturated heterocycles. The van der Waals surface area contributed by atoms with Gasteiger partial charge in [0.05, 0.1) is 5.41 Å². The van der Waals surface area contributed by atoms with Crippen molar-refractivity contribution in [3.63, 3.8) is 0 Å². The Labute approximate surface area is 237 Å². The third kappa shape index (κ3) is 3.91. The molecule has 3 heteroatoms. The van der Waals surface area contributed by atoms with Crippen LogP contribution in [0.3, 0.4) is 0 Å². The quantitative estimate of drug-likeness (QED) is 0.222. The molecule has 3 nitrogen and oxygen atoms in total. The van der Waals surface area contributed by atoms with E-state index in [2.05, 4.69) is 81.1 Å². The molecule has 0 fully saturated rings. The Morgan fingerprint density at radius 1 is 0.625 bits per heavy atom. The maximum absolute atomic E-state index is 14.9.